The summed E-state index contributed by atoms with van der Waals surface area (Å²) in [6, 6.07) is 17.1. The molecule has 0 aliphatic heterocycles. The first-order valence-electron chi connectivity index (χ1n) is 10.1. The van der Waals surface area contributed by atoms with Crippen LogP contribution in [0.3, 0.4) is 0 Å². The van der Waals surface area contributed by atoms with E-state index in [1.165, 1.54) is 0 Å². The molecule has 0 saturated heterocycles. The highest BCUT2D eigenvalue weighted by Crippen LogP contribution is 2.21. The molecule has 0 saturated carbocycles. The number of carbonyl (C=O) groups is 1. The van der Waals surface area contributed by atoms with E-state index in [-0.39, 0.29) is 12.3 Å². The van der Waals surface area contributed by atoms with Crippen LogP contribution in [0, 0.1) is 20.8 Å². The molecular formula is C24H23ClN4O3. The molecule has 2 aromatic heterocycles. The Labute approximate surface area is 190 Å². The molecule has 1 N–H and O–H groups in total. The van der Waals surface area contributed by atoms with Gasteiger partial charge in [-0.2, -0.15) is 5.10 Å². The Bertz CT molecular complexity index is 1240. The van der Waals surface area contributed by atoms with Crippen LogP contribution in [0.4, 0.5) is 5.82 Å². The molecule has 0 spiro atoms. The average molecular weight is 451 g/mol. The number of carbonyl (C=O) groups excluding carboxylic acids is 1. The maximum Gasteiger partial charge on any atom is 0.279 e. The first kappa shape index (κ1) is 21.6. The Balaban J connectivity index is 1.46. The van der Waals surface area contributed by atoms with Crippen LogP contribution in [0.25, 0.3) is 0 Å². The lowest BCUT2D eigenvalue weighted by Gasteiger charge is -2.07. The lowest BCUT2D eigenvalue weighted by molar-refractivity contribution is 0.101. The number of rotatable bonds is 7. The number of aromatic nitrogens is 3. The molecule has 32 heavy (non-hydrogen) atoms. The Morgan fingerprint density at radius 2 is 1.88 bits per heavy atom. The number of nitrogens with zero attached hydrogens (tertiary/aromatic N) is 3. The van der Waals surface area contributed by atoms with E-state index in [0.717, 1.165) is 16.8 Å². The van der Waals surface area contributed by atoms with Crippen LogP contribution < -0.4 is 10.1 Å². The van der Waals surface area contributed by atoms with Crippen LogP contribution in [0.15, 0.2) is 59.1 Å². The highest BCUT2D eigenvalue weighted by Gasteiger charge is 2.21. The second-order valence-electron chi connectivity index (χ2n) is 7.54. The molecule has 0 unspecified atom stereocenters. The summed E-state index contributed by atoms with van der Waals surface area (Å²) in [6.07, 6.45) is 0. The van der Waals surface area contributed by atoms with Crippen molar-refractivity contribution >= 4 is 23.3 Å². The maximum atomic E-state index is 12.9. The molecule has 8 heteroatoms. The number of anilines is 1. The average Bonchev–Trinajstić information content (AvgIpc) is 3.31. The quantitative estimate of drug-likeness (QED) is 0.411. The lowest BCUT2D eigenvalue weighted by atomic mass is 10.2. The van der Waals surface area contributed by atoms with Gasteiger partial charge in [0.1, 0.15) is 18.1 Å². The molecule has 1 amide bonds. The number of nitrogens with one attached hydrogen (secondary N) is 1. The van der Waals surface area contributed by atoms with E-state index < -0.39 is 5.91 Å². The van der Waals surface area contributed by atoms with Crippen LogP contribution in [-0.4, -0.2) is 20.8 Å². The van der Waals surface area contributed by atoms with Crippen molar-refractivity contribution in [3.63, 3.8) is 0 Å². The SMILES string of the molecule is Cc1ccc(OCc2c(C(=O)Nc3cc(C)n(Cc4ccccc4Cl)n3)noc2C)cc1. The van der Waals surface area contributed by atoms with Gasteiger partial charge in [0.15, 0.2) is 11.5 Å². The van der Waals surface area contributed by atoms with E-state index in [4.69, 9.17) is 20.9 Å². The van der Waals surface area contributed by atoms with Crippen LogP contribution in [0.1, 0.15) is 38.6 Å². The highest BCUT2D eigenvalue weighted by molar-refractivity contribution is 6.31. The fourth-order valence-corrected chi connectivity index (χ4v) is 3.42. The summed E-state index contributed by atoms with van der Waals surface area (Å²) in [4.78, 5) is 12.9. The molecule has 4 rings (SSSR count). The van der Waals surface area contributed by atoms with Crippen LogP contribution in [-0.2, 0) is 13.2 Å². The van der Waals surface area contributed by atoms with Gasteiger partial charge >= 0.3 is 0 Å². The van der Waals surface area contributed by atoms with E-state index in [1.54, 1.807) is 17.7 Å². The third-order valence-corrected chi connectivity index (χ3v) is 5.47. The standard InChI is InChI=1S/C24H23ClN4O3/c1-15-8-10-19(11-9-15)31-14-20-17(3)32-28-23(20)24(30)26-22-12-16(2)29(27-22)13-18-6-4-5-7-21(18)25/h4-12H,13-14H2,1-3H3,(H,26,27,30). The molecule has 164 valence electrons. The van der Waals surface area contributed by atoms with E-state index in [1.807, 2.05) is 62.4 Å². The molecule has 2 aromatic carbocycles. The minimum Gasteiger partial charge on any atom is -0.489 e. The normalized spacial score (nSPS) is 10.9. The number of amides is 1. The van der Waals surface area contributed by atoms with Gasteiger partial charge in [-0.25, -0.2) is 0 Å². The minimum atomic E-state index is -0.410. The van der Waals surface area contributed by atoms with Crippen molar-refractivity contribution in [3.8, 4) is 5.75 Å². The Morgan fingerprint density at radius 3 is 2.62 bits per heavy atom. The largest absolute Gasteiger partial charge is 0.489 e. The molecular weight excluding hydrogens is 428 g/mol. The Kier molecular flexibility index (Phi) is 6.28. The summed E-state index contributed by atoms with van der Waals surface area (Å²) >= 11 is 6.26. The molecule has 0 radical (unpaired) electrons. The zero-order valence-corrected chi connectivity index (χ0v) is 18.8. The van der Waals surface area contributed by atoms with Crippen molar-refractivity contribution in [1.29, 1.82) is 0 Å². The topological polar surface area (TPSA) is 82.2 Å². The number of benzene rings is 2. The number of hydrogen-bond donors (Lipinski definition) is 1. The van der Waals surface area contributed by atoms with Crippen molar-refractivity contribution in [1.82, 2.24) is 14.9 Å². The van der Waals surface area contributed by atoms with Gasteiger partial charge in [0.05, 0.1) is 12.1 Å². The molecule has 0 aliphatic rings. The third-order valence-electron chi connectivity index (χ3n) is 5.10. The zero-order chi connectivity index (χ0) is 22.7. The van der Waals surface area contributed by atoms with Crippen molar-refractivity contribution in [3.05, 3.63) is 93.5 Å². The molecule has 2 heterocycles. The van der Waals surface area contributed by atoms with Gasteiger partial charge in [-0.1, -0.05) is 52.7 Å². The second kappa shape index (κ2) is 9.28. The fourth-order valence-electron chi connectivity index (χ4n) is 3.22. The summed E-state index contributed by atoms with van der Waals surface area (Å²) in [6.45, 7) is 6.34. The fraction of sp³-hybridized carbons (Fsp3) is 0.208. The first-order valence-corrected chi connectivity index (χ1v) is 10.5. The van der Waals surface area contributed by atoms with Gasteiger partial charge in [0.25, 0.3) is 5.91 Å². The van der Waals surface area contributed by atoms with Crippen LogP contribution in [0.5, 0.6) is 5.75 Å². The maximum absolute atomic E-state index is 12.9. The van der Waals surface area contributed by atoms with Gasteiger partial charge < -0.3 is 14.6 Å². The van der Waals surface area contributed by atoms with E-state index in [0.29, 0.717) is 34.5 Å². The lowest BCUT2D eigenvalue weighted by Crippen LogP contribution is -2.16. The van der Waals surface area contributed by atoms with E-state index in [2.05, 4.69) is 15.6 Å². The van der Waals surface area contributed by atoms with Crippen LogP contribution in [0.2, 0.25) is 5.02 Å². The monoisotopic (exact) mass is 450 g/mol. The minimum absolute atomic E-state index is 0.168. The van der Waals surface area contributed by atoms with Gasteiger partial charge in [-0.3, -0.25) is 9.48 Å². The van der Waals surface area contributed by atoms with Crippen molar-refractivity contribution in [2.45, 2.75) is 33.9 Å². The van der Waals surface area contributed by atoms with Gasteiger partial charge in [0.2, 0.25) is 0 Å². The summed E-state index contributed by atoms with van der Waals surface area (Å²) < 4.78 is 12.9. The zero-order valence-electron chi connectivity index (χ0n) is 18.1. The Hall–Kier alpha value is -3.58. The summed E-state index contributed by atoms with van der Waals surface area (Å²) in [5.41, 5.74) is 3.74. The highest BCUT2D eigenvalue weighted by atomic mass is 35.5. The van der Waals surface area contributed by atoms with Crippen molar-refractivity contribution < 1.29 is 14.1 Å². The number of aryl methyl sites for hydroxylation is 3. The molecule has 4 aromatic rings. The number of ether oxygens (including phenoxy) is 1. The Morgan fingerprint density at radius 1 is 1.12 bits per heavy atom. The number of hydrogen-bond acceptors (Lipinski definition) is 5. The second-order valence-corrected chi connectivity index (χ2v) is 7.95. The summed E-state index contributed by atoms with van der Waals surface area (Å²) in [5, 5.41) is 11.9. The summed E-state index contributed by atoms with van der Waals surface area (Å²) in [7, 11) is 0. The summed E-state index contributed by atoms with van der Waals surface area (Å²) in [5.74, 6) is 1.25. The predicted molar refractivity (Wildman–Crippen MR) is 122 cm³/mol. The van der Waals surface area contributed by atoms with Gasteiger partial charge in [-0.15, -0.1) is 0 Å². The third kappa shape index (κ3) is 4.84. The predicted octanol–water partition coefficient (Wildman–Crippen LogP) is 5.33. The molecule has 0 fully saturated rings. The first-order chi connectivity index (χ1) is 15.4. The van der Waals surface area contributed by atoms with E-state index >= 15 is 0 Å². The smallest absolute Gasteiger partial charge is 0.279 e. The molecule has 7 nitrogen and oxygen atoms in total. The molecule has 0 bridgehead atoms. The van der Waals surface area contributed by atoms with Crippen molar-refractivity contribution in [2.24, 2.45) is 0 Å². The van der Waals surface area contributed by atoms with Crippen LogP contribution >= 0.6 is 11.6 Å². The number of halogens is 1. The van der Waals surface area contributed by atoms with Crippen molar-refractivity contribution in [2.75, 3.05) is 5.32 Å². The molecule has 0 aliphatic carbocycles. The van der Waals surface area contributed by atoms with Gasteiger partial charge in [0, 0.05) is 16.8 Å². The van der Waals surface area contributed by atoms with E-state index in [9.17, 15) is 4.79 Å². The molecule has 0 atom stereocenters. The van der Waals surface area contributed by atoms with Gasteiger partial charge in [-0.05, 0) is 44.5 Å².